The maximum Gasteiger partial charge on any atom is 0.104 e. The molecular weight excluding hydrogens is 118 g/mol. The molecule has 0 atom stereocenters. The molecule has 0 amide bonds. The van der Waals surface area contributed by atoms with Gasteiger partial charge in [0, 0.05) is 4.88 Å². The Kier molecular flexibility index (Phi) is 2.03. The number of nitrogens with zero attached hydrogens (tertiary/aromatic N) is 1. The van der Waals surface area contributed by atoms with Crippen molar-refractivity contribution in [3.8, 4) is 0 Å². The Labute approximate surface area is 53.4 Å². The Morgan fingerprint density at radius 1 is 1.88 bits per heavy atom. The van der Waals surface area contributed by atoms with E-state index in [2.05, 4.69) is 18.1 Å². The molecule has 0 N–H and O–H groups in total. The topological polar surface area (TPSA) is 12.9 Å². The van der Waals surface area contributed by atoms with Crippen LogP contribution in [0.3, 0.4) is 0 Å². The third kappa shape index (κ3) is 1.30. The Balaban J connectivity index is 2.50. The number of rotatable bonds is 2. The smallest absolute Gasteiger partial charge is 0.104 e. The van der Waals surface area contributed by atoms with Crippen LogP contribution < -0.4 is 0 Å². The molecule has 1 heterocycles. The molecule has 0 fully saturated rings. The van der Waals surface area contributed by atoms with Crippen LogP contribution in [0.5, 0.6) is 0 Å². The molecule has 1 aromatic heterocycles. The summed E-state index contributed by atoms with van der Waals surface area (Å²) in [5, 5.41) is 0. The number of hydrogen-bond donors (Lipinski definition) is 0. The first-order valence-electron chi connectivity index (χ1n) is 2.73. The molecule has 8 heavy (non-hydrogen) atoms. The molecule has 0 aliphatic carbocycles. The molecule has 2 heteroatoms. The van der Waals surface area contributed by atoms with Crippen LogP contribution in [-0.2, 0) is 6.42 Å². The number of hydrogen-bond acceptors (Lipinski definition) is 2. The van der Waals surface area contributed by atoms with E-state index in [1.807, 2.05) is 5.51 Å². The average Bonchev–Trinajstić information content (AvgIpc) is 2.19. The van der Waals surface area contributed by atoms with Crippen molar-refractivity contribution < 1.29 is 0 Å². The molecule has 1 aromatic rings. The second-order valence-electron chi connectivity index (χ2n) is 1.64. The Morgan fingerprint density at radius 2 is 2.75 bits per heavy atom. The molecule has 1 rings (SSSR count). The fraction of sp³-hybridized carbons (Fsp3) is 0.500. The number of aryl methyl sites for hydroxylation is 1. The van der Waals surface area contributed by atoms with Crippen LogP contribution in [0, 0.1) is 6.20 Å². The summed E-state index contributed by atoms with van der Waals surface area (Å²) in [6, 6.07) is 0. The lowest BCUT2D eigenvalue weighted by Gasteiger charge is -1.83. The van der Waals surface area contributed by atoms with Crippen LogP contribution in [-0.4, -0.2) is 4.98 Å². The largest absolute Gasteiger partial charge is 0.243 e. The van der Waals surface area contributed by atoms with Gasteiger partial charge in [-0.3, -0.25) is 0 Å². The van der Waals surface area contributed by atoms with E-state index in [9.17, 15) is 0 Å². The average molecular weight is 126 g/mol. The fourth-order valence-corrected chi connectivity index (χ4v) is 1.22. The molecular formula is C6H8NS. The van der Waals surface area contributed by atoms with Crippen LogP contribution in [0.1, 0.15) is 18.2 Å². The maximum absolute atomic E-state index is 3.83. The molecule has 0 aliphatic rings. The zero-order valence-electron chi connectivity index (χ0n) is 4.85. The van der Waals surface area contributed by atoms with Crippen molar-refractivity contribution in [1.82, 2.24) is 4.98 Å². The minimum atomic E-state index is 1.13. The first kappa shape index (κ1) is 5.76. The van der Waals surface area contributed by atoms with E-state index in [0.717, 1.165) is 6.42 Å². The predicted octanol–water partition coefficient (Wildman–Crippen LogP) is 1.90. The van der Waals surface area contributed by atoms with Crippen molar-refractivity contribution in [2.45, 2.75) is 19.8 Å². The van der Waals surface area contributed by atoms with Gasteiger partial charge < -0.3 is 0 Å². The molecule has 1 radical (unpaired) electrons. The third-order valence-corrected chi connectivity index (χ3v) is 1.70. The van der Waals surface area contributed by atoms with Gasteiger partial charge in [0.2, 0.25) is 0 Å². The molecule has 0 spiro atoms. The van der Waals surface area contributed by atoms with Gasteiger partial charge in [-0.15, -0.1) is 11.3 Å². The monoisotopic (exact) mass is 126 g/mol. The summed E-state index contributed by atoms with van der Waals surface area (Å²) >= 11 is 1.68. The van der Waals surface area contributed by atoms with Gasteiger partial charge in [-0.25, -0.2) is 4.98 Å². The quantitative estimate of drug-likeness (QED) is 0.589. The van der Waals surface area contributed by atoms with Gasteiger partial charge in [-0.2, -0.15) is 0 Å². The predicted molar refractivity (Wildman–Crippen MR) is 34.9 cm³/mol. The van der Waals surface area contributed by atoms with Crippen LogP contribution >= 0.6 is 11.3 Å². The lowest BCUT2D eigenvalue weighted by molar-refractivity contribution is 0.934. The molecule has 0 saturated carbocycles. The van der Waals surface area contributed by atoms with Gasteiger partial charge in [0.1, 0.15) is 6.20 Å². The van der Waals surface area contributed by atoms with Gasteiger partial charge in [-0.1, -0.05) is 13.3 Å². The molecule has 0 bridgehead atoms. The minimum Gasteiger partial charge on any atom is -0.243 e. The van der Waals surface area contributed by atoms with Gasteiger partial charge >= 0.3 is 0 Å². The number of aromatic nitrogens is 1. The summed E-state index contributed by atoms with van der Waals surface area (Å²) in [5.74, 6) is 0. The Hall–Kier alpha value is -0.370. The van der Waals surface area contributed by atoms with Crippen LogP contribution in [0.2, 0.25) is 0 Å². The summed E-state index contributed by atoms with van der Waals surface area (Å²) in [7, 11) is 0. The summed E-state index contributed by atoms with van der Waals surface area (Å²) < 4.78 is 0. The highest BCUT2D eigenvalue weighted by Gasteiger charge is 1.89. The van der Waals surface area contributed by atoms with E-state index in [-0.39, 0.29) is 0 Å². The second-order valence-corrected chi connectivity index (χ2v) is 2.58. The molecule has 0 aliphatic heterocycles. The van der Waals surface area contributed by atoms with Crippen molar-refractivity contribution in [1.29, 1.82) is 0 Å². The maximum atomic E-state index is 3.83. The van der Waals surface area contributed by atoms with Crippen molar-refractivity contribution in [3.05, 3.63) is 16.6 Å². The normalized spacial score (nSPS) is 9.62. The highest BCUT2D eigenvalue weighted by Crippen LogP contribution is 2.06. The van der Waals surface area contributed by atoms with E-state index < -0.39 is 0 Å². The Morgan fingerprint density at radius 3 is 3.25 bits per heavy atom. The fourth-order valence-electron chi connectivity index (χ4n) is 0.557. The molecule has 43 valence electrons. The van der Waals surface area contributed by atoms with Crippen molar-refractivity contribution in [2.24, 2.45) is 0 Å². The van der Waals surface area contributed by atoms with E-state index >= 15 is 0 Å². The third-order valence-electron chi connectivity index (χ3n) is 0.914. The van der Waals surface area contributed by atoms with Crippen LogP contribution in [0.25, 0.3) is 0 Å². The van der Waals surface area contributed by atoms with Gasteiger partial charge in [-0.05, 0) is 6.42 Å². The van der Waals surface area contributed by atoms with Gasteiger partial charge in [0.05, 0.1) is 5.51 Å². The van der Waals surface area contributed by atoms with Crippen molar-refractivity contribution in [2.75, 3.05) is 0 Å². The summed E-state index contributed by atoms with van der Waals surface area (Å²) in [6.07, 6.45) is 5.23. The molecule has 0 saturated heterocycles. The SMILES string of the molecule is CCCc1[c]ncs1. The van der Waals surface area contributed by atoms with E-state index in [4.69, 9.17) is 0 Å². The zero-order valence-corrected chi connectivity index (χ0v) is 5.66. The van der Waals surface area contributed by atoms with Crippen molar-refractivity contribution in [3.63, 3.8) is 0 Å². The summed E-state index contributed by atoms with van der Waals surface area (Å²) in [6.45, 7) is 2.16. The first-order chi connectivity index (χ1) is 3.93. The summed E-state index contributed by atoms with van der Waals surface area (Å²) in [5.41, 5.74) is 1.82. The van der Waals surface area contributed by atoms with E-state index in [1.54, 1.807) is 11.3 Å². The van der Waals surface area contributed by atoms with Crippen LogP contribution in [0.4, 0.5) is 0 Å². The second kappa shape index (κ2) is 2.82. The highest BCUT2D eigenvalue weighted by molar-refractivity contribution is 7.09. The Bertz CT molecular complexity index is 134. The zero-order chi connectivity index (χ0) is 5.82. The lowest BCUT2D eigenvalue weighted by Crippen LogP contribution is -1.73. The molecule has 1 nitrogen and oxygen atoms in total. The van der Waals surface area contributed by atoms with Crippen LogP contribution in [0.15, 0.2) is 5.51 Å². The standard InChI is InChI=1S/C6H8NS/c1-2-3-6-4-7-5-8-6/h5H,2-3H2,1H3. The van der Waals surface area contributed by atoms with Gasteiger partial charge in [0.25, 0.3) is 0 Å². The lowest BCUT2D eigenvalue weighted by atomic mass is 10.3. The highest BCUT2D eigenvalue weighted by atomic mass is 32.1. The van der Waals surface area contributed by atoms with E-state index in [1.165, 1.54) is 11.3 Å². The first-order valence-corrected chi connectivity index (χ1v) is 3.61. The molecule has 0 unspecified atom stereocenters. The van der Waals surface area contributed by atoms with Crippen molar-refractivity contribution >= 4 is 11.3 Å². The summed E-state index contributed by atoms with van der Waals surface area (Å²) in [4.78, 5) is 5.11. The molecule has 0 aromatic carbocycles. The van der Waals surface area contributed by atoms with E-state index in [0.29, 0.717) is 0 Å². The minimum absolute atomic E-state index is 1.13. The van der Waals surface area contributed by atoms with Gasteiger partial charge in [0.15, 0.2) is 0 Å². The number of thiazole rings is 1.